The molecule has 0 saturated carbocycles. The van der Waals surface area contributed by atoms with E-state index in [-0.39, 0.29) is 19.0 Å². The third kappa shape index (κ3) is 2.28. The predicted molar refractivity (Wildman–Crippen MR) is 60.6 cm³/mol. The molecule has 1 aromatic rings. The summed E-state index contributed by atoms with van der Waals surface area (Å²) in [5.74, 6) is 1.55. The summed E-state index contributed by atoms with van der Waals surface area (Å²) in [6.07, 6.45) is 0.0634. The molecule has 16 heavy (non-hydrogen) atoms. The lowest BCUT2D eigenvalue weighted by molar-refractivity contribution is 0.0119. The average Bonchev–Trinajstić information content (AvgIpc) is 2.72. The second-order valence-electron chi connectivity index (χ2n) is 4.02. The second kappa shape index (κ2) is 4.72. The van der Waals surface area contributed by atoms with Crippen LogP contribution >= 0.6 is 0 Å². The van der Waals surface area contributed by atoms with E-state index in [2.05, 4.69) is 0 Å². The highest BCUT2D eigenvalue weighted by Crippen LogP contribution is 2.34. The Kier molecular flexibility index (Phi) is 3.31. The summed E-state index contributed by atoms with van der Waals surface area (Å²) in [5.41, 5.74) is 6.73. The fourth-order valence-corrected chi connectivity index (χ4v) is 1.71. The SMILES string of the molecule is CC(C)O[C@@H](CN)c1ccc2c(c1)OCO2. The molecule has 2 rings (SSSR count). The number of hydrogen-bond donors (Lipinski definition) is 1. The van der Waals surface area contributed by atoms with Crippen LogP contribution in [0.2, 0.25) is 0 Å². The van der Waals surface area contributed by atoms with Gasteiger partial charge in [-0.1, -0.05) is 6.07 Å². The molecule has 0 amide bonds. The molecule has 1 aromatic carbocycles. The van der Waals surface area contributed by atoms with Gasteiger partial charge in [0.15, 0.2) is 11.5 Å². The second-order valence-corrected chi connectivity index (χ2v) is 4.02. The Bertz CT molecular complexity index is 365. The van der Waals surface area contributed by atoms with Crippen molar-refractivity contribution in [2.45, 2.75) is 26.1 Å². The minimum atomic E-state index is -0.0884. The van der Waals surface area contributed by atoms with Crippen LogP contribution < -0.4 is 15.2 Å². The van der Waals surface area contributed by atoms with Gasteiger partial charge < -0.3 is 19.9 Å². The van der Waals surface area contributed by atoms with Gasteiger partial charge in [-0.25, -0.2) is 0 Å². The van der Waals surface area contributed by atoms with E-state index in [0.717, 1.165) is 17.1 Å². The Morgan fingerprint density at radius 3 is 2.75 bits per heavy atom. The number of nitrogens with two attached hydrogens (primary N) is 1. The zero-order chi connectivity index (χ0) is 11.5. The van der Waals surface area contributed by atoms with Crippen LogP contribution in [0.3, 0.4) is 0 Å². The minimum Gasteiger partial charge on any atom is -0.454 e. The van der Waals surface area contributed by atoms with Crippen LogP contribution in [0.25, 0.3) is 0 Å². The van der Waals surface area contributed by atoms with Crippen LogP contribution in [0.1, 0.15) is 25.5 Å². The van der Waals surface area contributed by atoms with E-state index >= 15 is 0 Å². The summed E-state index contributed by atoms with van der Waals surface area (Å²) >= 11 is 0. The Morgan fingerprint density at radius 2 is 2.06 bits per heavy atom. The van der Waals surface area contributed by atoms with E-state index in [9.17, 15) is 0 Å². The van der Waals surface area contributed by atoms with Crippen molar-refractivity contribution < 1.29 is 14.2 Å². The summed E-state index contributed by atoms with van der Waals surface area (Å²) in [6.45, 7) is 4.74. The smallest absolute Gasteiger partial charge is 0.231 e. The van der Waals surface area contributed by atoms with Crippen molar-refractivity contribution in [3.05, 3.63) is 23.8 Å². The molecule has 4 nitrogen and oxygen atoms in total. The van der Waals surface area contributed by atoms with E-state index in [0.29, 0.717) is 6.54 Å². The maximum atomic E-state index is 5.72. The summed E-state index contributed by atoms with van der Waals surface area (Å²) in [7, 11) is 0. The van der Waals surface area contributed by atoms with Crippen LogP contribution in [-0.4, -0.2) is 19.4 Å². The van der Waals surface area contributed by atoms with E-state index in [4.69, 9.17) is 19.9 Å². The van der Waals surface area contributed by atoms with Crippen molar-refractivity contribution in [1.82, 2.24) is 0 Å². The van der Waals surface area contributed by atoms with Crippen LogP contribution in [0.15, 0.2) is 18.2 Å². The molecule has 0 fully saturated rings. The van der Waals surface area contributed by atoms with Gasteiger partial charge in [0.2, 0.25) is 6.79 Å². The molecule has 0 unspecified atom stereocenters. The van der Waals surface area contributed by atoms with Gasteiger partial charge in [0, 0.05) is 6.54 Å². The van der Waals surface area contributed by atoms with Crippen molar-refractivity contribution in [1.29, 1.82) is 0 Å². The van der Waals surface area contributed by atoms with Gasteiger partial charge in [0.1, 0.15) is 0 Å². The molecular formula is C12H17NO3. The lowest BCUT2D eigenvalue weighted by Gasteiger charge is -2.19. The predicted octanol–water partition coefficient (Wildman–Crippen LogP) is 1.84. The highest BCUT2D eigenvalue weighted by atomic mass is 16.7. The lowest BCUT2D eigenvalue weighted by Crippen LogP contribution is -2.19. The number of rotatable bonds is 4. The van der Waals surface area contributed by atoms with Gasteiger partial charge in [-0.05, 0) is 31.5 Å². The molecule has 1 heterocycles. The van der Waals surface area contributed by atoms with Crippen LogP contribution in [-0.2, 0) is 4.74 Å². The molecule has 4 heteroatoms. The van der Waals surface area contributed by atoms with E-state index in [1.165, 1.54) is 0 Å². The quantitative estimate of drug-likeness (QED) is 0.846. The van der Waals surface area contributed by atoms with Gasteiger partial charge in [0.05, 0.1) is 12.2 Å². The Labute approximate surface area is 95.3 Å². The number of ether oxygens (including phenoxy) is 3. The first-order chi connectivity index (χ1) is 7.70. The zero-order valence-corrected chi connectivity index (χ0v) is 9.60. The molecule has 2 N–H and O–H groups in total. The molecule has 0 radical (unpaired) electrons. The van der Waals surface area contributed by atoms with Crippen molar-refractivity contribution in [2.75, 3.05) is 13.3 Å². The molecule has 1 aliphatic rings. The third-order valence-corrected chi connectivity index (χ3v) is 2.42. The molecule has 1 atom stereocenters. The molecule has 0 bridgehead atoms. The normalized spacial score (nSPS) is 15.5. The topological polar surface area (TPSA) is 53.7 Å². The first-order valence-corrected chi connectivity index (χ1v) is 5.45. The van der Waals surface area contributed by atoms with E-state index < -0.39 is 0 Å². The largest absolute Gasteiger partial charge is 0.454 e. The lowest BCUT2D eigenvalue weighted by atomic mass is 10.1. The van der Waals surface area contributed by atoms with Crippen LogP contribution in [0.5, 0.6) is 11.5 Å². The highest BCUT2D eigenvalue weighted by Gasteiger charge is 2.18. The van der Waals surface area contributed by atoms with Crippen molar-refractivity contribution in [3.63, 3.8) is 0 Å². The molecule has 0 aliphatic carbocycles. The van der Waals surface area contributed by atoms with Crippen LogP contribution in [0, 0.1) is 0 Å². The zero-order valence-electron chi connectivity index (χ0n) is 9.60. The summed E-state index contributed by atoms with van der Waals surface area (Å²) < 4.78 is 16.3. The molecule has 0 saturated heterocycles. The monoisotopic (exact) mass is 223 g/mol. The molecule has 0 spiro atoms. The summed E-state index contributed by atoms with van der Waals surface area (Å²) in [5, 5.41) is 0. The Balaban J connectivity index is 2.18. The van der Waals surface area contributed by atoms with Crippen molar-refractivity contribution >= 4 is 0 Å². The van der Waals surface area contributed by atoms with E-state index in [1.807, 2.05) is 32.0 Å². The highest BCUT2D eigenvalue weighted by molar-refractivity contribution is 5.45. The average molecular weight is 223 g/mol. The minimum absolute atomic E-state index is 0.0884. The number of benzene rings is 1. The van der Waals surface area contributed by atoms with Crippen molar-refractivity contribution in [2.24, 2.45) is 5.73 Å². The first-order valence-electron chi connectivity index (χ1n) is 5.45. The molecule has 88 valence electrons. The van der Waals surface area contributed by atoms with Crippen molar-refractivity contribution in [3.8, 4) is 11.5 Å². The van der Waals surface area contributed by atoms with Gasteiger partial charge in [0.25, 0.3) is 0 Å². The number of hydrogen-bond acceptors (Lipinski definition) is 4. The standard InChI is InChI=1S/C12H17NO3/c1-8(2)16-12(6-13)9-3-4-10-11(5-9)15-7-14-10/h3-5,8,12H,6-7,13H2,1-2H3/t12-/m0/s1. The maximum Gasteiger partial charge on any atom is 0.231 e. The third-order valence-electron chi connectivity index (χ3n) is 2.42. The molecule has 1 aliphatic heterocycles. The maximum absolute atomic E-state index is 5.72. The van der Waals surface area contributed by atoms with E-state index in [1.54, 1.807) is 0 Å². The summed E-state index contributed by atoms with van der Waals surface area (Å²) in [4.78, 5) is 0. The molecule has 0 aromatic heterocycles. The van der Waals surface area contributed by atoms with Crippen LogP contribution in [0.4, 0.5) is 0 Å². The van der Waals surface area contributed by atoms with Gasteiger partial charge >= 0.3 is 0 Å². The van der Waals surface area contributed by atoms with Gasteiger partial charge in [-0.2, -0.15) is 0 Å². The van der Waals surface area contributed by atoms with Gasteiger partial charge in [-0.15, -0.1) is 0 Å². The molecular weight excluding hydrogens is 206 g/mol. The summed E-state index contributed by atoms with van der Waals surface area (Å²) in [6, 6.07) is 5.79. The Morgan fingerprint density at radius 1 is 1.31 bits per heavy atom. The fourth-order valence-electron chi connectivity index (χ4n) is 1.71. The van der Waals surface area contributed by atoms with Gasteiger partial charge in [-0.3, -0.25) is 0 Å². The Hall–Kier alpha value is -1.26. The number of fused-ring (bicyclic) bond motifs is 1. The fraction of sp³-hybridized carbons (Fsp3) is 0.500. The first kappa shape index (κ1) is 11.2.